The summed E-state index contributed by atoms with van der Waals surface area (Å²) in [7, 11) is -3.73. The molecule has 2 rings (SSSR count). The Hall–Kier alpha value is -2.09. The van der Waals surface area contributed by atoms with Crippen molar-refractivity contribution in [3.8, 4) is 0 Å². The molecule has 0 aromatic heterocycles. The molecule has 1 heterocycles. The molecule has 18 heavy (non-hydrogen) atoms. The average Bonchev–Trinajstić information content (AvgIpc) is 2.79. The molecule has 1 N–H and O–H groups in total. The molecular formula is C10H11N3O4S. The maximum atomic E-state index is 12.1. The average molecular weight is 269 g/mol. The van der Waals surface area contributed by atoms with Crippen molar-refractivity contribution in [3.63, 3.8) is 0 Å². The van der Waals surface area contributed by atoms with Crippen molar-refractivity contribution >= 4 is 10.0 Å². The summed E-state index contributed by atoms with van der Waals surface area (Å²) in [5.41, 5.74) is 0.940. The molecule has 1 aromatic rings. The molecule has 0 fully saturated rings. The van der Waals surface area contributed by atoms with Gasteiger partial charge in [0.2, 0.25) is 0 Å². The van der Waals surface area contributed by atoms with Crippen molar-refractivity contribution in [2.75, 3.05) is 6.67 Å². The van der Waals surface area contributed by atoms with Crippen LogP contribution in [0.5, 0.6) is 0 Å². The van der Waals surface area contributed by atoms with Gasteiger partial charge in [-0.1, -0.05) is 17.7 Å². The number of benzene rings is 1. The van der Waals surface area contributed by atoms with E-state index in [1.807, 2.05) is 6.92 Å². The molecule has 0 saturated heterocycles. The van der Waals surface area contributed by atoms with Crippen LogP contribution >= 0.6 is 0 Å². The third-order valence-corrected chi connectivity index (χ3v) is 4.23. The Kier molecular flexibility index (Phi) is 2.95. The molecule has 8 heteroatoms. The number of nitrogens with one attached hydrogen (secondary N) is 1. The van der Waals surface area contributed by atoms with Crippen molar-refractivity contribution in [1.29, 1.82) is 0 Å². The second kappa shape index (κ2) is 4.30. The van der Waals surface area contributed by atoms with Gasteiger partial charge in [-0.2, -0.15) is 0 Å². The van der Waals surface area contributed by atoms with Crippen molar-refractivity contribution in [2.24, 2.45) is 0 Å². The Balaban J connectivity index is 2.33. The highest BCUT2D eigenvalue weighted by atomic mass is 32.2. The Bertz CT molecular complexity index is 607. The highest BCUT2D eigenvalue weighted by molar-refractivity contribution is 7.89. The topological polar surface area (TPSA) is 92.5 Å². The van der Waals surface area contributed by atoms with E-state index >= 15 is 0 Å². The number of rotatable bonds is 3. The van der Waals surface area contributed by atoms with E-state index in [0.29, 0.717) is 0 Å². The summed E-state index contributed by atoms with van der Waals surface area (Å²) >= 11 is 0. The van der Waals surface area contributed by atoms with Gasteiger partial charge in [-0.3, -0.25) is 5.32 Å². The Morgan fingerprint density at radius 1 is 1.33 bits per heavy atom. The Labute approximate surface area is 104 Å². The summed E-state index contributed by atoms with van der Waals surface area (Å²) in [6.07, 6.45) is 0.981. The highest BCUT2D eigenvalue weighted by Gasteiger charge is 2.30. The molecule has 1 aromatic carbocycles. The van der Waals surface area contributed by atoms with Gasteiger partial charge in [-0.25, -0.2) is 12.7 Å². The lowest BCUT2D eigenvalue weighted by Crippen LogP contribution is -2.28. The largest absolute Gasteiger partial charge is 0.358 e. The first kappa shape index (κ1) is 12.4. The predicted molar refractivity (Wildman–Crippen MR) is 63.3 cm³/mol. The van der Waals surface area contributed by atoms with Gasteiger partial charge < -0.3 is 10.1 Å². The number of hydrogen-bond acceptors (Lipinski definition) is 5. The molecule has 1 aliphatic heterocycles. The van der Waals surface area contributed by atoms with Crippen LogP contribution in [-0.4, -0.2) is 24.3 Å². The summed E-state index contributed by atoms with van der Waals surface area (Å²) in [5.74, 6) is -0.328. The molecule has 0 unspecified atom stereocenters. The van der Waals surface area contributed by atoms with Crippen molar-refractivity contribution in [3.05, 3.63) is 52.0 Å². The van der Waals surface area contributed by atoms with Crippen LogP contribution in [0.3, 0.4) is 0 Å². The van der Waals surface area contributed by atoms with E-state index < -0.39 is 14.9 Å². The van der Waals surface area contributed by atoms with Crippen LogP contribution < -0.4 is 5.32 Å². The molecule has 96 valence electrons. The lowest BCUT2D eigenvalue weighted by atomic mass is 10.2. The van der Waals surface area contributed by atoms with Crippen molar-refractivity contribution in [2.45, 2.75) is 11.8 Å². The predicted octanol–water partition coefficient (Wildman–Crippen LogP) is 0.622. The molecule has 0 bridgehead atoms. The smallest absolute Gasteiger partial charge is 0.334 e. The molecule has 0 aliphatic carbocycles. The molecule has 0 radical (unpaired) electrons. The Morgan fingerprint density at radius 3 is 2.44 bits per heavy atom. The van der Waals surface area contributed by atoms with E-state index in [4.69, 9.17) is 0 Å². The first-order valence-electron chi connectivity index (χ1n) is 5.10. The zero-order valence-electron chi connectivity index (χ0n) is 9.53. The Morgan fingerprint density at radius 2 is 1.94 bits per heavy atom. The van der Waals surface area contributed by atoms with Crippen LogP contribution in [0.25, 0.3) is 0 Å². The van der Waals surface area contributed by atoms with Gasteiger partial charge in [0.05, 0.1) is 4.90 Å². The van der Waals surface area contributed by atoms with Gasteiger partial charge in [0.15, 0.2) is 6.67 Å². The number of nitro groups is 1. The molecule has 0 spiro atoms. The third kappa shape index (κ3) is 2.14. The molecule has 0 amide bonds. The third-order valence-electron chi connectivity index (χ3n) is 2.51. The van der Waals surface area contributed by atoms with Crippen LogP contribution in [0.2, 0.25) is 0 Å². The summed E-state index contributed by atoms with van der Waals surface area (Å²) in [6.45, 7) is 1.71. The number of hydrogen-bond donors (Lipinski definition) is 1. The van der Waals surface area contributed by atoms with Gasteiger partial charge in [0, 0.05) is 0 Å². The summed E-state index contributed by atoms with van der Waals surface area (Å²) in [4.78, 5) is 9.95. The standard InChI is InChI=1S/C10H11N3O4S/c1-8-2-4-9(5-3-8)18(16,17)12-6-10(11-7-12)13(14)15/h2-6,11H,7H2,1H3. The van der Waals surface area contributed by atoms with E-state index in [1.54, 1.807) is 12.1 Å². The van der Waals surface area contributed by atoms with Crippen molar-refractivity contribution < 1.29 is 13.3 Å². The number of sulfonamides is 1. The van der Waals surface area contributed by atoms with Gasteiger partial charge in [-0.05, 0) is 24.0 Å². The minimum atomic E-state index is -3.73. The fourth-order valence-corrected chi connectivity index (χ4v) is 2.72. The normalized spacial score (nSPS) is 15.2. The van der Waals surface area contributed by atoms with Crippen LogP contribution in [0.4, 0.5) is 0 Å². The molecule has 7 nitrogen and oxygen atoms in total. The van der Waals surface area contributed by atoms with Gasteiger partial charge in [-0.15, -0.1) is 0 Å². The van der Waals surface area contributed by atoms with Gasteiger partial charge >= 0.3 is 5.82 Å². The fraction of sp³-hybridized carbons (Fsp3) is 0.200. The first-order chi connectivity index (χ1) is 8.41. The van der Waals surface area contributed by atoms with Gasteiger partial charge in [0.25, 0.3) is 10.0 Å². The van der Waals surface area contributed by atoms with Gasteiger partial charge in [0.1, 0.15) is 6.20 Å². The minimum Gasteiger partial charge on any atom is -0.358 e. The monoisotopic (exact) mass is 269 g/mol. The summed E-state index contributed by atoms with van der Waals surface area (Å²) in [5, 5.41) is 12.9. The number of aryl methyl sites for hydroxylation is 1. The maximum Gasteiger partial charge on any atom is 0.334 e. The molecule has 0 atom stereocenters. The van der Waals surface area contributed by atoms with Crippen LogP contribution in [0.15, 0.2) is 41.2 Å². The second-order valence-electron chi connectivity index (χ2n) is 3.81. The SMILES string of the molecule is Cc1ccc(S(=O)(=O)N2C=C([N+](=O)[O-])NC2)cc1. The van der Waals surface area contributed by atoms with Crippen LogP contribution in [-0.2, 0) is 10.0 Å². The zero-order chi connectivity index (χ0) is 13.3. The van der Waals surface area contributed by atoms with E-state index in [0.717, 1.165) is 16.1 Å². The van der Waals surface area contributed by atoms with Crippen LogP contribution in [0, 0.1) is 17.0 Å². The highest BCUT2D eigenvalue weighted by Crippen LogP contribution is 2.19. The molecular weight excluding hydrogens is 258 g/mol. The summed E-state index contributed by atoms with van der Waals surface area (Å²) < 4.78 is 25.2. The lowest BCUT2D eigenvalue weighted by molar-refractivity contribution is -0.430. The van der Waals surface area contributed by atoms with E-state index in [-0.39, 0.29) is 17.4 Å². The zero-order valence-corrected chi connectivity index (χ0v) is 10.3. The fourth-order valence-electron chi connectivity index (χ4n) is 1.50. The molecule has 1 aliphatic rings. The maximum absolute atomic E-state index is 12.1. The minimum absolute atomic E-state index is 0.107. The van der Waals surface area contributed by atoms with E-state index in [2.05, 4.69) is 5.32 Å². The number of nitrogens with zero attached hydrogens (tertiary/aromatic N) is 2. The van der Waals surface area contributed by atoms with E-state index in [9.17, 15) is 18.5 Å². The van der Waals surface area contributed by atoms with Crippen molar-refractivity contribution in [1.82, 2.24) is 9.62 Å². The van der Waals surface area contributed by atoms with E-state index in [1.165, 1.54) is 12.1 Å². The first-order valence-corrected chi connectivity index (χ1v) is 6.54. The summed E-state index contributed by atoms with van der Waals surface area (Å²) in [6, 6.07) is 6.30. The lowest BCUT2D eigenvalue weighted by Gasteiger charge is -2.12. The quantitative estimate of drug-likeness (QED) is 0.641. The van der Waals surface area contributed by atoms with Crippen LogP contribution in [0.1, 0.15) is 5.56 Å². The second-order valence-corrected chi connectivity index (χ2v) is 5.70. The molecule has 0 saturated carbocycles.